The Kier molecular flexibility index (Phi) is 7.14. The van der Waals surface area contributed by atoms with Gasteiger partial charge < -0.3 is 9.88 Å². The maximum atomic E-state index is 3.88. The summed E-state index contributed by atoms with van der Waals surface area (Å²) >= 11 is 1.90. The molecule has 2 aliphatic rings. The SMILES string of the molecule is CC(C)(C)c1ccc(Nc2ccc(C(C)(C)C)cc2-c2ccc3c4cc5c(cc4n4c3c2[B]c2cc3c(cc2-4)C(C)(C)c2ccccc2-3)sc2ccccc25)cc1. The molecular weight excluding hydrogens is 707 g/mol. The number of hydrogen-bond acceptors (Lipinski definition) is 2. The first-order chi connectivity index (χ1) is 27.3. The summed E-state index contributed by atoms with van der Waals surface area (Å²) in [4.78, 5) is 0. The van der Waals surface area contributed by atoms with Crippen LogP contribution in [-0.4, -0.2) is 11.8 Å². The van der Waals surface area contributed by atoms with Crippen molar-refractivity contribution in [1.29, 1.82) is 0 Å². The lowest BCUT2D eigenvalue weighted by Crippen LogP contribution is -2.37. The van der Waals surface area contributed by atoms with Gasteiger partial charge in [0, 0.05) is 64.5 Å². The fraction of sp³-hybridized carbons (Fsp3) is 0.208. The molecule has 0 saturated carbocycles. The van der Waals surface area contributed by atoms with Gasteiger partial charge in [-0.05, 0) is 104 Å². The van der Waals surface area contributed by atoms with Crippen LogP contribution in [0.3, 0.4) is 0 Å². The molecule has 0 amide bonds. The van der Waals surface area contributed by atoms with E-state index in [9.17, 15) is 0 Å². The van der Waals surface area contributed by atoms with E-state index in [-0.39, 0.29) is 16.2 Å². The van der Waals surface area contributed by atoms with Crippen molar-refractivity contribution < 1.29 is 0 Å². The number of nitrogens with zero attached hydrogens (tertiary/aromatic N) is 1. The van der Waals surface area contributed by atoms with Crippen LogP contribution in [0.25, 0.3) is 69.9 Å². The van der Waals surface area contributed by atoms with Crippen LogP contribution in [-0.2, 0) is 16.2 Å². The largest absolute Gasteiger partial charge is 0.355 e. The van der Waals surface area contributed by atoms with Gasteiger partial charge in [-0.2, -0.15) is 0 Å². The van der Waals surface area contributed by atoms with E-state index in [1.165, 1.54) is 103 Å². The van der Waals surface area contributed by atoms with Gasteiger partial charge in [0.25, 0.3) is 0 Å². The van der Waals surface area contributed by atoms with Crippen molar-refractivity contribution in [3.05, 3.63) is 150 Å². The molecule has 1 N–H and O–H groups in total. The van der Waals surface area contributed by atoms with Crippen LogP contribution in [0.4, 0.5) is 11.4 Å². The van der Waals surface area contributed by atoms with E-state index in [2.05, 4.69) is 200 Å². The molecule has 1 aliphatic heterocycles. The number of nitrogens with one attached hydrogen (secondary N) is 1. The molecule has 0 fully saturated rings. The summed E-state index contributed by atoms with van der Waals surface area (Å²) in [5.74, 6) is 0. The molecule has 3 heterocycles. The van der Waals surface area contributed by atoms with E-state index in [1.807, 2.05) is 11.3 Å². The number of benzene rings is 7. The minimum atomic E-state index is -0.0943. The van der Waals surface area contributed by atoms with E-state index in [1.54, 1.807) is 0 Å². The van der Waals surface area contributed by atoms with E-state index in [4.69, 9.17) is 0 Å². The fourth-order valence-corrected chi connectivity index (χ4v) is 10.9. The Morgan fingerprint density at radius 1 is 0.561 bits per heavy atom. The van der Waals surface area contributed by atoms with Crippen molar-refractivity contribution in [3.63, 3.8) is 0 Å². The molecule has 0 atom stereocenters. The molecule has 0 unspecified atom stereocenters. The van der Waals surface area contributed by atoms with Crippen molar-refractivity contribution in [2.24, 2.45) is 0 Å². The molecule has 2 aromatic heterocycles. The maximum absolute atomic E-state index is 3.88. The Morgan fingerprint density at radius 3 is 2.09 bits per heavy atom. The fourth-order valence-electron chi connectivity index (χ4n) is 9.75. The summed E-state index contributed by atoms with van der Waals surface area (Å²) < 4.78 is 5.27. The highest BCUT2D eigenvalue weighted by molar-refractivity contribution is 7.25. The average molecular weight is 754 g/mol. The quantitative estimate of drug-likeness (QED) is 0.178. The van der Waals surface area contributed by atoms with Crippen LogP contribution in [0.5, 0.6) is 0 Å². The van der Waals surface area contributed by atoms with Crippen LogP contribution in [0.15, 0.2) is 127 Å². The topological polar surface area (TPSA) is 17.0 Å². The molecule has 277 valence electrons. The molecule has 0 spiro atoms. The Balaban J connectivity index is 1.20. The standard InChI is InChI=1S/C53H46BN2S/c1-51(2,3)30-17-20-32(21-18-30)55-44-24-19-31(52(4,5)6)25-38(44)35-22-23-36-39-26-40-34-14-10-12-16-47(34)57-48(40)29-45(39)56-46-28-42-37(27-43(46)54-49(35)50(36)56)33-13-9-11-15-41(33)53(42,7)8/h9-29,55H,1-8H3. The summed E-state index contributed by atoms with van der Waals surface area (Å²) in [6.45, 7) is 18.5. The van der Waals surface area contributed by atoms with Crippen LogP contribution in [0, 0.1) is 0 Å². The summed E-state index contributed by atoms with van der Waals surface area (Å²) in [5.41, 5.74) is 19.2. The molecule has 57 heavy (non-hydrogen) atoms. The molecule has 0 saturated heterocycles. The van der Waals surface area contributed by atoms with Crippen molar-refractivity contribution in [2.45, 2.75) is 71.6 Å². The highest BCUT2D eigenvalue weighted by Crippen LogP contribution is 2.50. The second-order valence-corrected chi connectivity index (χ2v) is 20.0. The zero-order valence-electron chi connectivity index (χ0n) is 34.1. The Morgan fingerprint density at radius 2 is 1.30 bits per heavy atom. The molecule has 1 aliphatic carbocycles. The molecular formula is C53H46BN2S. The summed E-state index contributed by atoms with van der Waals surface area (Å²) in [7, 11) is 2.49. The highest BCUT2D eigenvalue weighted by atomic mass is 32.1. The van der Waals surface area contributed by atoms with Gasteiger partial charge in [0.2, 0.25) is 0 Å². The number of hydrogen-bond donors (Lipinski definition) is 1. The van der Waals surface area contributed by atoms with Gasteiger partial charge in [-0.25, -0.2) is 0 Å². The van der Waals surface area contributed by atoms with Crippen LogP contribution >= 0.6 is 11.3 Å². The zero-order valence-corrected chi connectivity index (χ0v) is 34.9. The van der Waals surface area contributed by atoms with Gasteiger partial charge in [-0.1, -0.05) is 140 Å². The summed E-state index contributed by atoms with van der Waals surface area (Å²) in [6.07, 6.45) is 0. The minimum Gasteiger partial charge on any atom is -0.355 e. The van der Waals surface area contributed by atoms with E-state index in [0.29, 0.717) is 0 Å². The van der Waals surface area contributed by atoms with Gasteiger partial charge in [-0.15, -0.1) is 11.3 Å². The third-order valence-corrected chi connectivity index (χ3v) is 14.1. The first-order valence-electron chi connectivity index (χ1n) is 20.3. The smallest absolute Gasteiger partial charge is 0.197 e. The van der Waals surface area contributed by atoms with Crippen LogP contribution < -0.4 is 16.2 Å². The van der Waals surface area contributed by atoms with E-state index >= 15 is 0 Å². The Hall–Kier alpha value is -5.58. The van der Waals surface area contributed by atoms with Gasteiger partial charge in [0.1, 0.15) is 0 Å². The van der Waals surface area contributed by atoms with Gasteiger partial charge >= 0.3 is 0 Å². The Labute approximate surface area is 340 Å². The third-order valence-electron chi connectivity index (χ3n) is 12.9. The van der Waals surface area contributed by atoms with Gasteiger partial charge in [0.15, 0.2) is 7.28 Å². The van der Waals surface area contributed by atoms with Crippen molar-refractivity contribution in [2.75, 3.05) is 5.32 Å². The number of aromatic nitrogens is 1. The van der Waals surface area contributed by atoms with Crippen LogP contribution in [0.2, 0.25) is 0 Å². The van der Waals surface area contributed by atoms with E-state index < -0.39 is 0 Å². The molecule has 4 heteroatoms. The predicted molar refractivity (Wildman–Crippen MR) is 249 cm³/mol. The number of anilines is 2. The molecule has 1 radical (unpaired) electrons. The van der Waals surface area contributed by atoms with Gasteiger partial charge in [-0.3, -0.25) is 0 Å². The predicted octanol–water partition coefficient (Wildman–Crippen LogP) is 13.4. The first-order valence-corrected chi connectivity index (χ1v) is 21.2. The average Bonchev–Trinajstić information content (AvgIpc) is 3.79. The molecule has 9 aromatic rings. The molecule has 0 bridgehead atoms. The number of thiophene rings is 1. The lowest BCUT2D eigenvalue weighted by atomic mass is 9.58. The normalized spacial score (nSPS) is 14.2. The first kappa shape index (κ1) is 34.7. The van der Waals surface area contributed by atoms with Crippen LogP contribution in [0.1, 0.15) is 77.6 Å². The summed E-state index contributed by atoms with van der Waals surface area (Å²) in [6, 6.07) is 48.6. The van der Waals surface area contributed by atoms with Crippen molar-refractivity contribution in [1.82, 2.24) is 4.57 Å². The highest BCUT2D eigenvalue weighted by Gasteiger charge is 2.38. The lowest BCUT2D eigenvalue weighted by Gasteiger charge is -2.28. The second kappa shape index (κ2) is 11.7. The molecule has 11 rings (SSSR count). The van der Waals surface area contributed by atoms with Gasteiger partial charge in [0.05, 0.1) is 5.52 Å². The Bertz CT molecular complexity index is 3160. The van der Waals surface area contributed by atoms with Crippen molar-refractivity contribution in [3.8, 4) is 27.9 Å². The monoisotopic (exact) mass is 753 g/mol. The maximum Gasteiger partial charge on any atom is 0.197 e. The second-order valence-electron chi connectivity index (χ2n) is 19.0. The number of rotatable bonds is 3. The summed E-state index contributed by atoms with van der Waals surface area (Å²) in [5, 5.41) is 9.15. The molecule has 2 nitrogen and oxygen atoms in total. The minimum absolute atomic E-state index is 0.0105. The third kappa shape index (κ3) is 5.09. The molecule has 7 aromatic carbocycles. The van der Waals surface area contributed by atoms with Crippen molar-refractivity contribution >= 4 is 82.9 Å². The lowest BCUT2D eigenvalue weighted by molar-refractivity contribution is 0.590. The van der Waals surface area contributed by atoms with E-state index in [0.717, 1.165) is 11.4 Å². The number of fused-ring (bicyclic) bond motifs is 11. The zero-order chi connectivity index (χ0) is 39.2.